The van der Waals surface area contributed by atoms with Crippen molar-refractivity contribution in [2.45, 2.75) is 0 Å². The lowest BCUT2D eigenvalue weighted by Gasteiger charge is -2.17. The van der Waals surface area contributed by atoms with Gasteiger partial charge in [0, 0.05) is 35.1 Å². The second-order valence-electron chi connectivity index (χ2n) is 7.81. The quantitative estimate of drug-likeness (QED) is 0.117. The summed E-state index contributed by atoms with van der Waals surface area (Å²) < 4.78 is 30.5. The molecule has 0 spiro atoms. The van der Waals surface area contributed by atoms with Crippen LogP contribution in [0, 0.1) is 0 Å². The van der Waals surface area contributed by atoms with Crippen LogP contribution in [-0.4, -0.2) is 75.6 Å². The first-order valence-electron chi connectivity index (χ1n) is 12.5. The van der Waals surface area contributed by atoms with E-state index in [9.17, 15) is 28.8 Å². The molecule has 2 aromatic rings. The molecular formula is C28H29N3O12. The summed E-state index contributed by atoms with van der Waals surface area (Å²) in [5, 5.41) is 7.63. The van der Waals surface area contributed by atoms with Crippen LogP contribution in [0.15, 0.2) is 68.3 Å². The van der Waals surface area contributed by atoms with Crippen LogP contribution in [0.4, 0.5) is 14.4 Å². The molecule has 3 N–H and O–H groups in total. The molecule has 0 aliphatic heterocycles. The highest BCUT2D eigenvalue weighted by Crippen LogP contribution is 2.42. The zero-order valence-corrected chi connectivity index (χ0v) is 22.9. The molecule has 3 amide bonds. The molecule has 2 aromatic carbocycles. The topological polar surface area (TPSA) is 194 Å². The molecule has 0 atom stereocenters. The van der Waals surface area contributed by atoms with Gasteiger partial charge in [-0.25, -0.2) is 28.8 Å². The van der Waals surface area contributed by atoms with E-state index in [-0.39, 0.29) is 62.1 Å². The van der Waals surface area contributed by atoms with Crippen molar-refractivity contribution >= 4 is 47.0 Å². The van der Waals surface area contributed by atoms with Crippen molar-refractivity contribution in [3.63, 3.8) is 0 Å². The number of hydrogen-bond donors (Lipinski definition) is 3. The maximum atomic E-state index is 12.5. The minimum Gasteiger partial charge on any atom is -0.461 e. The predicted molar refractivity (Wildman–Crippen MR) is 149 cm³/mol. The third-order valence-corrected chi connectivity index (χ3v) is 4.87. The van der Waals surface area contributed by atoms with Gasteiger partial charge in [0.25, 0.3) is 0 Å². The van der Waals surface area contributed by atoms with Crippen molar-refractivity contribution < 1.29 is 57.2 Å². The van der Waals surface area contributed by atoms with Crippen LogP contribution >= 0.6 is 0 Å². The van der Waals surface area contributed by atoms with Gasteiger partial charge in [0.15, 0.2) is 11.5 Å². The Morgan fingerprint density at radius 1 is 0.581 bits per heavy atom. The summed E-state index contributed by atoms with van der Waals surface area (Å²) in [5.41, 5.74) is 0. The minimum atomic E-state index is -1.02. The molecule has 0 saturated carbocycles. The Balaban J connectivity index is 2.27. The molecule has 0 bridgehead atoms. The van der Waals surface area contributed by atoms with Gasteiger partial charge in [-0.1, -0.05) is 44.0 Å². The molecule has 0 saturated heterocycles. The van der Waals surface area contributed by atoms with Crippen LogP contribution in [0.25, 0.3) is 10.8 Å². The van der Waals surface area contributed by atoms with Gasteiger partial charge in [0.05, 0.1) is 19.6 Å². The Hall–Kier alpha value is -5.86. The Morgan fingerprint density at radius 2 is 0.977 bits per heavy atom. The van der Waals surface area contributed by atoms with Gasteiger partial charge >= 0.3 is 36.2 Å². The maximum Gasteiger partial charge on any atom is 0.412 e. The fourth-order valence-electron chi connectivity index (χ4n) is 3.05. The van der Waals surface area contributed by atoms with Crippen LogP contribution in [-0.2, 0) is 28.6 Å². The van der Waals surface area contributed by atoms with E-state index in [1.807, 2.05) is 0 Å². The van der Waals surface area contributed by atoms with Gasteiger partial charge in [-0.2, -0.15) is 0 Å². The number of benzene rings is 2. The van der Waals surface area contributed by atoms with Crippen LogP contribution in [0.1, 0.15) is 0 Å². The SMILES string of the molecule is C=CC(=O)OCCNC(=O)Oc1cc(OC(=O)NCCOC(=O)C=C)c2ccccc2c1OC(=O)NCCOC(=O)C=C. The van der Waals surface area contributed by atoms with Crippen LogP contribution < -0.4 is 30.2 Å². The summed E-state index contributed by atoms with van der Waals surface area (Å²) in [4.78, 5) is 71.0. The molecule has 0 fully saturated rings. The van der Waals surface area contributed by atoms with Crippen molar-refractivity contribution in [3.8, 4) is 17.2 Å². The van der Waals surface area contributed by atoms with E-state index in [1.165, 1.54) is 6.07 Å². The number of hydrogen-bond acceptors (Lipinski definition) is 12. The normalized spacial score (nSPS) is 9.86. The van der Waals surface area contributed by atoms with Crippen molar-refractivity contribution in [3.05, 3.63) is 68.3 Å². The first kappa shape index (κ1) is 33.3. The molecule has 228 valence electrons. The molecule has 0 unspecified atom stereocenters. The average molecular weight is 600 g/mol. The van der Waals surface area contributed by atoms with E-state index in [0.717, 1.165) is 24.3 Å². The Morgan fingerprint density at radius 3 is 1.42 bits per heavy atom. The third kappa shape index (κ3) is 11.6. The molecule has 15 nitrogen and oxygen atoms in total. The Bertz CT molecular complexity index is 1390. The van der Waals surface area contributed by atoms with E-state index in [0.29, 0.717) is 5.39 Å². The number of esters is 3. The van der Waals surface area contributed by atoms with E-state index in [4.69, 9.17) is 28.4 Å². The number of rotatable bonds is 15. The predicted octanol–water partition coefficient (Wildman–Crippen LogP) is 2.29. The van der Waals surface area contributed by atoms with Crippen LogP contribution in [0.2, 0.25) is 0 Å². The average Bonchev–Trinajstić information content (AvgIpc) is 3.00. The third-order valence-electron chi connectivity index (χ3n) is 4.87. The van der Waals surface area contributed by atoms with Gasteiger partial charge in [-0.05, 0) is 0 Å². The van der Waals surface area contributed by atoms with Crippen LogP contribution in [0.3, 0.4) is 0 Å². The van der Waals surface area contributed by atoms with E-state index in [1.54, 1.807) is 18.2 Å². The van der Waals surface area contributed by atoms with Gasteiger partial charge in [0.1, 0.15) is 25.6 Å². The Labute approximate surface area is 245 Å². The first-order valence-corrected chi connectivity index (χ1v) is 12.5. The van der Waals surface area contributed by atoms with E-state index >= 15 is 0 Å². The second-order valence-corrected chi connectivity index (χ2v) is 7.81. The number of carbonyl (C=O) groups excluding carboxylic acids is 6. The fraction of sp³-hybridized carbons (Fsp3) is 0.214. The highest BCUT2D eigenvalue weighted by atomic mass is 16.6. The molecule has 0 aliphatic rings. The van der Waals surface area contributed by atoms with Gasteiger partial charge in [0.2, 0.25) is 0 Å². The molecule has 0 heterocycles. The summed E-state index contributed by atoms with van der Waals surface area (Å²) >= 11 is 0. The van der Waals surface area contributed by atoms with Gasteiger partial charge < -0.3 is 44.4 Å². The molecule has 2 rings (SSSR count). The van der Waals surface area contributed by atoms with Crippen molar-refractivity contribution in [2.75, 3.05) is 39.5 Å². The molecular weight excluding hydrogens is 570 g/mol. The standard InChI is InChI=1S/C28H29N3O12/c1-4-22(32)38-14-11-29-26(35)41-20-17-21(42-27(36)30-12-15-39-23(33)5-2)25(19-10-8-7-9-18(19)20)43-28(37)31-13-16-40-24(34)6-3/h4-10,17H,1-3,11-16H2,(H,29,35)(H,30,36)(H,31,37). The maximum absolute atomic E-state index is 12.5. The van der Waals surface area contributed by atoms with Crippen molar-refractivity contribution in [2.24, 2.45) is 0 Å². The fourth-order valence-corrected chi connectivity index (χ4v) is 3.05. The molecule has 15 heteroatoms. The van der Waals surface area contributed by atoms with Crippen LogP contribution in [0.5, 0.6) is 17.2 Å². The van der Waals surface area contributed by atoms with Crippen molar-refractivity contribution in [1.29, 1.82) is 0 Å². The van der Waals surface area contributed by atoms with Crippen molar-refractivity contribution in [1.82, 2.24) is 16.0 Å². The molecule has 0 aromatic heterocycles. The van der Waals surface area contributed by atoms with E-state index < -0.39 is 36.2 Å². The van der Waals surface area contributed by atoms with E-state index in [2.05, 4.69) is 35.7 Å². The summed E-state index contributed by atoms with van der Waals surface area (Å²) in [6, 6.07) is 7.43. The highest BCUT2D eigenvalue weighted by molar-refractivity contribution is 5.98. The molecule has 43 heavy (non-hydrogen) atoms. The molecule has 0 aliphatic carbocycles. The summed E-state index contributed by atoms with van der Waals surface area (Å²) in [6.07, 6.45) is -0.0499. The molecule has 0 radical (unpaired) electrons. The monoisotopic (exact) mass is 599 g/mol. The number of nitrogens with one attached hydrogen (secondary N) is 3. The minimum absolute atomic E-state index is 0.0806. The lowest BCUT2D eigenvalue weighted by atomic mass is 10.1. The summed E-state index contributed by atoms with van der Waals surface area (Å²) in [6.45, 7) is 8.97. The zero-order valence-electron chi connectivity index (χ0n) is 22.9. The number of ether oxygens (including phenoxy) is 6. The second kappa shape index (κ2) is 17.8. The van der Waals surface area contributed by atoms with Gasteiger partial charge in [-0.3, -0.25) is 0 Å². The Kier molecular flexibility index (Phi) is 13.8. The number of carbonyl (C=O) groups is 6. The summed E-state index contributed by atoms with van der Waals surface area (Å²) in [7, 11) is 0. The lowest BCUT2D eigenvalue weighted by Crippen LogP contribution is -2.32. The zero-order chi connectivity index (χ0) is 31.6. The van der Waals surface area contributed by atoms with Gasteiger partial charge in [-0.15, -0.1) is 0 Å². The number of fused-ring (bicyclic) bond motifs is 1. The first-order chi connectivity index (χ1) is 20.7. The lowest BCUT2D eigenvalue weighted by molar-refractivity contribution is -0.138. The summed E-state index contributed by atoms with van der Waals surface area (Å²) in [5.74, 6) is -2.66. The smallest absolute Gasteiger partial charge is 0.412 e. The highest BCUT2D eigenvalue weighted by Gasteiger charge is 2.22. The largest absolute Gasteiger partial charge is 0.461 e. The number of amides is 3.